The highest BCUT2D eigenvalue weighted by molar-refractivity contribution is 5.81. The molecule has 0 fully saturated rings. The summed E-state index contributed by atoms with van der Waals surface area (Å²) >= 11 is 0. The van der Waals surface area contributed by atoms with Crippen molar-refractivity contribution >= 4 is 12.1 Å². The van der Waals surface area contributed by atoms with Gasteiger partial charge in [-0.1, -0.05) is 24.3 Å². The topological polar surface area (TPSA) is 73.9 Å². The molecule has 0 radical (unpaired) electrons. The first-order valence-corrected chi connectivity index (χ1v) is 10.5. The average molecular weight is 446 g/mol. The zero-order chi connectivity index (χ0) is 24.1. The monoisotopic (exact) mass is 445 g/mol. The van der Waals surface area contributed by atoms with Gasteiger partial charge in [0.1, 0.15) is 29.3 Å². The fourth-order valence-electron chi connectivity index (χ4n) is 3.35. The van der Waals surface area contributed by atoms with E-state index in [-0.39, 0.29) is 5.82 Å². The van der Waals surface area contributed by atoms with Crippen LogP contribution in [-0.4, -0.2) is 36.9 Å². The normalized spacial score (nSPS) is 14.1. The van der Waals surface area contributed by atoms with Crippen molar-refractivity contribution in [2.45, 2.75) is 65.2 Å². The number of carbonyl (C=O) groups excluding carboxylic acids is 2. The maximum absolute atomic E-state index is 13.5. The van der Waals surface area contributed by atoms with Crippen molar-refractivity contribution in [1.82, 2.24) is 5.32 Å². The van der Waals surface area contributed by atoms with Gasteiger partial charge in [-0.3, -0.25) is 0 Å². The summed E-state index contributed by atoms with van der Waals surface area (Å²) < 4.78 is 30.0. The number of ether oxygens (including phenoxy) is 3. The summed E-state index contributed by atoms with van der Waals surface area (Å²) in [6, 6.07) is 10.9. The second-order valence-corrected chi connectivity index (χ2v) is 8.78. The Morgan fingerprint density at radius 2 is 1.66 bits per heavy atom. The van der Waals surface area contributed by atoms with Gasteiger partial charge >= 0.3 is 12.1 Å². The molecule has 2 aromatic carbocycles. The van der Waals surface area contributed by atoms with Gasteiger partial charge in [-0.25, -0.2) is 14.0 Å². The van der Waals surface area contributed by atoms with Crippen molar-refractivity contribution in [3.05, 3.63) is 65.0 Å². The average Bonchev–Trinajstić information content (AvgIpc) is 2.69. The fourth-order valence-corrected chi connectivity index (χ4v) is 3.35. The van der Waals surface area contributed by atoms with E-state index in [0.717, 1.165) is 16.7 Å². The van der Waals surface area contributed by atoms with Crippen LogP contribution in [0.15, 0.2) is 42.5 Å². The number of aryl methyl sites for hydroxylation is 1. The van der Waals surface area contributed by atoms with Crippen molar-refractivity contribution in [2.24, 2.45) is 0 Å². The number of hydrogen-bond donors (Lipinski definition) is 1. The predicted octanol–water partition coefficient (Wildman–Crippen LogP) is 5.12. The molecule has 1 amide bonds. The summed E-state index contributed by atoms with van der Waals surface area (Å²) in [5, 5.41) is 2.49. The maximum atomic E-state index is 13.5. The van der Waals surface area contributed by atoms with Crippen molar-refractivity contribution in [3.63, 3.8) is 0 Å². The molecule has 174 valence electrons. The van der Waals surface area contributed by atoms with Gasteiger partial charge in [0, 0.05) is 11.5 Å². The van der Waals surface area contributed by atoms with Crippen LogP contribution in [0.5, 0.6) is 5.75 Å². The van der Waals surface area contributed by atoms with E-state index >= 15 is 0 Å². The van der Waals surface area contributed by atoms with Crippen molar-refractivity contribution in [1.29, 1.82) is 0 Å². The van der Waals surface area contributed by atoms with E-state index in [1.54, 1.807) is 46.9 Å². The molecule has 0 aromatic heterocycles. The van der Waals surface area contributed by atoms with E-state index in [0.29, 0.717) is 5.75 Å². The number of methoxy groups -OCH3 is 1. The largest absolute Gasteiger partial charge is 0.496 e. The van der Waals surface area contributed by atoms with Crippen molar-refractivity contribution in [3.8, 4) is 5.75 Å². The van der Waals surface area contributed by atoms with Gasteiger partial charge in [0.2, 0.25) is 0 Å². The number of esters is 1. The van der Waals surface area contributed by atoms with Crippen LogP contribution in [0, 0.1) is 12.7 Å². The predicted molar refractivity (Wildman–Crippen MR) is 120 cm³/mol. The number of amides is 1. The highest BCUT2D eigenvalue weighted by atomic mass is 19.1. The summed E-state index contributed by atoms with van der Waals surface area (Å²) in [5.41, 5.74) is 1.90. The number of rotatable bonds is 7. The molecule has 1 N–H and O–H groups in total. The number of nitrogens with one attached hydrogen (secondary N) is 1. The summed E-state index contributed by atoms with van der Waals surface area (Å²) in [6.45, 7) is 10.4. The van der Waals surface area contributed by atoms with Gasteiger partial charge in [-0.05, 0) is 70.9 Å². The van der Waals surface area contributed by atoms with Crippen LogP contribution < -0.4 is 10.1 Å². The Morgan fingerprint density at radius 3 is 2.22 bits per heavy atom. The maximum Gasteiger partial charge on any atom is 0.408 e. The Bertz CT molecular complexity index is 936. The van der Waals surface area contributed by atoms with Crippen LogP contribution >= 0.6 is 0 Å². The third kappa shape index (κ3) is 6.97. The van der Waals surface area contributed by atoms with Crippen molar-refractivity contribution < 1.29 is 28.2 Å². The molecule has 0 unspecified atom stereocenters. The molecule has 2 aromatic rings. The minimum Gasteiger partial charge on any atom is -0.496 e. The third-order valence-corrected chi connectivity index (χ3v) is 4.81. The Morgan fingerprint density at radius 1 is 1.03 bits per heavy atom. The highest BCUT2D eigenvalue weighted by Crippen LogP contribution is 2.36. The number of alkyl carbamates (subject to hydrolysis) is 1. The molecule has 2 rings (SSSR count). The first-order chi connectivity index (χ1) is 14.9. The second kappa shape index (κ2) is 10.5. The minimum absolute atomic E-state index is 0.358. The van der Waals surface area contributed by atoms with Gasteiger partial charge in [0.15, 0.2) is 0 Å². The molecule has 0 aliphatic carbocycles. The van der Waals surface area contributed by atoms with E-state index in [4.69, 9.17) is 14.2 Å². The van der Waals surface area contributed by atoms with Gasteiger partial charge < -0.3 is 19.5 Å². The molecule has 0 bridgehead atoms. The lowest BCUT2D eigenvalue weighted by Crippen LogP contribution is -2.43. The van der Waals surface area contributed by atoms with E-state index in [1.165, 1.54) is 19.1 Å². The summed E-state index contributed by atoms with van der Waals surface area (Å²) in [4.78, 5) is 24.7. The van der Waals surface area contributed by atoms with Gasteiger partial charge in [0.05, 0.1) is 7.11 Å². The summed E-state index contributed by atoms with van der Waals surface area (Å²) in [7, 11) is 1.57. The Balaban J connectivity index is 2.27. The Labute approximate surface area is 189 Å². The minimum atomic E-state index is -0.916. The standard InChI is InChI=1S/C25H32FNO5/c1-15-8-13-20(21(14-15)30-7)22(18-9-11-19(26)12-10-18)17(3)31-23(28)16(2)27-24(29)32-25(4,5)6/h8-14,16-17,22H,1-7H3,(H,27,29)/t16-,17-,22-/m0/s1. The van der Waals surface area contributed by atoms with Gasteiger partial charge in [0.25, 0.3) is 0 Å². The lowest BCUT2D eigenvalue weighted by atomic mass is 9.86. The molecule has 0 spiro atoms. The number of benzene rings is 2. The van der Waals surface area contributed by atoms with E-state index in [2.05, 4.69) is 5.32 Å². The first kappa shape index (κ1) is 25.2. The van der Waals surface area contributed by atoms with Gasteiger partial charge in [-0.15, -0.1) is 0 Å². The molecule has 7 heteroatoms. The quantitative estimate of drug-likeness (QED) is 0.599. The molecule has 0 saturated heterocycles. The summed E-state index contributed by atoms with van der Waals surface area (Å²) in [5.74, 6) is -0.740. The van der Waals surface area contributed by atoms with Crippen molar-refractivity contribution in [2.75, 3.05) is 7.11 Å². The third-order valence-electron chi connectivity index (χ3n) is 4.81. The van der Waals surface area contributed by atoms with E-state index in [1.807, 2.05) is 25.1 Å². The lowest BCUT2D eigenvalue weighted by molar-refractivity contribution is -0.150. The molecule has 3 atom stereocenters. The fraction of sp³-hybridized carbons (Fsp3) is 0.440. The Hall–Kier alpha value is -3.09. The molecule has 0 saturated carbocycles. The molecule has 6 nitrogen and oxygen atoms in total. The van der Waals surface area contributed by atoms with E-state index in [9.17, 15) is 14.0 Å². The number of halogens is 1. The number of carbonyl (C=O) groups is 2. The molecular formula is C25H32FNO5. The van der Waals surface area contributed by atoms with Crippen LogP contribution in [-0.2, 0) is 14.3 Å². The van der Waals surface area contributed by atoms with E-state index < -0.39 is 35.7 Å². The summed E-state index contributed by atoms with van der Waals surface area (Å²) in [6.07, 6.45) is -1.34. The van der Waals surface area contributed by atoms with Gasteiger partial charge in [-0.2, -0.15) is 0 Å². The molecule has 0 aliphatic rings. The lowest BCUT2D eigenvalue weighted by Gasteiger charge is -2.28. The highest BCUT2D eigenvalue weighted by Gasteiger charge is 2.30. The SMILES string of the molecule is COc1cc(C)ccc1[C@H](c1ccc(F)cc1)[C@H](C)OC(=O)[C@H](C)NC(=O)OC(C)(C)C. The van der Waals surface area contributed by atoms with Crippen LogP contribution in [0.3, 0.4) is 0 Å². The zero-order valence-corrected chi connectivity index (χ0v) is 19.7. The van der Waals surface area contributed by atoms with Crippen LogP contribution in [0.4, 0.5) is 9.18 Å². The zero-order valence-electron chi connectivity index (χ0n) is 19.7. The number of hydrogen-bond acceptors (Lipinski definition) is 5. The Kier molecular flexibility index (Phi) is 8.25. The van der Waals surface area contributed by atoms with Crippen LogP contribution in [0.2, 0.25) is 0 Å². The van der Waals surface area contributed by atoms with Crippen LogP contribution in [0.1, 0.15) is 57.2 Å². The first-order valence-electron chi connectivity index (χ1n) is 10.5. The molecular weight excluding hydrogens is 413 g/mol. The molecule has 32 heavy (non-hydrogen) atoms. The smallest absolute Gasteiger partial charge is 0.408 e. The second-order valence-electron chi connectivity index (χ2n) is 8.78. The molecule has 0 aliphatic heterocycles. The molecule has 0 heterocycles. The van der Waals surface area contributed by atoms with Crippen LogP contribution in [0.25, 0.3) is 0 Å².